The number of nitrogens with zero attached hydrogens (tertiary/aromatic N) is 3. The van der Waals surface area contributed by atoms with Crippen LogP contribution in [0.4, 0.5) is 17.2 Å². The van der Waals surface area contributed by atoms with Crippen molar-refractivity contribution in [2.75, 3.05) is 18.4 Å². The number of anilines is 2. The Kier molecular flexibility index (Phi) is 5.05. The van der Waals surface area contributed by atoms with Crippen LogP contribution in [0.5, 0.6) is 0 Å². The third-order valence-corrected chi connectivity index (χ3v) is 4.33. The molecule has 1 fully saturated rings. The molecule has 1 aliphatic heterocycles. The zero-order valence-electron chi connectivity index (χ0n) is 13.8. The standard InChI is InChI=1S/C18H22N4O2/c1-14-3-2-10-21(12-14)13-15-4-6-16(7-5-15)20-18-9-8-17(11-19-18)22(23)24/h4-9,11,14H,2-3,10,12-13H2,1H3,(H,19,20)/t14-/m0/s1. The summed E-state index contributed by atoms with van der Waals surface area (Å²) in [6, 6.07) is 11.3. The first-order valence-electron chi connectivity index (χ1n) is 8.29. The number of hydrogen-bond acceptors (Lipinski definition) is 5. The Labute approximate surface area is 141 Å². The first-order chi connectivity index (χ1) is 11.6. The van der Waals surface area contributed by atoms with Crippen molar-refractivity contribution in [2.24, 2.45) is 5.92 Å². The lowest BCUT2D eigenvalue weighted by Crippen LogP contribution is -2.33. The lowest BCUT2D eigenvalue weighted by Gasteiger charge is -2.30. The van der Waals surface area contributed by atoms with E-state index in [4.69, 9.17) is 0 Å². The van der Waals surface area contributed by atoms with Crippen LogP contribution >= 0.6 is 0 Å². The Hall–Kier alpha value is -2.47. The fourth-order valence-electron chi connectivity index (χ4n) is 3.10. The molecular weight excluding hydrogens is 304 g/mol. The summed E-state index contributed by atoms with van der Waals surface area (Å²) in [5.41, 5.74) is 2.21. The first-order valence-corrected chi connectivity index (χ1v) is 8.29. The third-order valence-electron chi connectivity index (χ3n) is 4.33. The van der Waals surface area contributed by atoms with E-state index >= 15 is 0 Å². The van der Waals surface area contributed by atoms with Gasteiger partial charge in [0.15, 0.2) is 0 Å². The van der Waals surface area contributed by atoms with E-state index < -0.39 is 4.92 Å². The monoisotopic (exact) mass is 326 g/mol. The highest BCUT2D eigenvalue weighted by Gasteiger charge is 2.16. The Bertz CT molecular complexity index is 685. The van der Waals surface area contributed by atoms with Crippen molar-refractivity contribution >= 4 is 17.2 Å². The van der Waals surface area contributed by atoms with Crippen molar-refractivity contribution < 1.29 is 4.92 Å². The van der Waals surface area contributed by atoms with Crippen LogP contribution in [0.25, 0.3) is 0 Å². The fourth-order valence-corrected chi connectivity index (χ4v) is 3.10. The number of nitro groups is 1. The number of benzene rings is 1. The number of pyridine rings is 1. The van der Waals surface area contributed by atoms with E-state index in [-0.39, 0.29) is 5.69 Å². The quantitative estimate of drug-likeness (QED) is 0.665. The molecule has 1 aromatic heterocycles. The minimum atomic E-state index is -0.451. The van der Waals surface area contributed by atoms with Gasteiger partial charge >= 0.3 is 0 Å². The molecule has 0 bridgehead atoms. The molecule has 6 nitrogen and oxygen atoms in total. The predicted molar refractivity (Wildman–Crippen MR) is 94.3 cm³/mol. The average Bonchev–Trinajstić information content (AvgIpc) is 2.57. The van der Waals surface area contributed by atoms with Crippen LogP contribution in [0.2, 0.25) is 0 Å². The second kappa shape index (κ2) is 7.40. The van der Waals surface area contributed by atoms with E-state index in [0.717, 1.165) is 18.2 Å². The SMILES string of the molecule is C[C@H]1CCCN(Cc2ccc(Nc3ccc([N+](=O)[O-])cn3)cc2)C1. The van der Waals surface area contributed by atoms with Gasteiger partial charge in [0.25, 0.3) is 5.69 Å². The molecule has 0 unspecified atom stereocenters. The van der Waals surface area contributed by atoms with E-state index in [1.807, 2.05) is 12.1 Å². The van der Waals surface area contributed by atoms with Crippen LogP contribution in [0, 0.1) is 16.0 Å². The second-order valence-corrected chi connectivity index (χ2v) is 6.46. The van der Waals surface area contributed by atoms with Crippen molar-refractivity contribution in [3.63, 3.8) is 0 Å². The summed E-state index contributed by atoms with van der Waals surface area (Å²) >= 11 is 0. The molecule has 1 aliphatic rings. The lowest BCUT2D eigenvalue weighted by atomic mass is 10.00. The molecule has 0 radical (unpaired) electrons. The van der Waals surface area contributed by atoms with Crippen LogP contribution in [0.1, 0.15) is 25.3 Å². The van der Waals surface area contributed by atoms with Gasteiger partial charge in [-0.1, -0.05) is 19.1 Å². The van der Waals surface area contributed by atoms with Crippen molar-refractivity contribution in [3.8, 4) is 0 Å². The Morgan fingerprint density at radius 1 is 1.29 bits per heavy atom. The Balaban J connectivity index is 1.58. The third kappa shape index (κ3) is 4.29. The Morgan fingerprint density at radius 3 is 2.71 bits per heavy atom. The largest absolute Gasteiger partial charge is 0.340 e. The molecule has 1 aromatic carbocycles. The van der Waals surface area contributed by atoms with Crippen molar-refractivity contribution in [1.82, 2.24) is 9.88 Å². The van der Waals surface area contributed by atoms with Gasteiger partial charge in [-0.05, 0) is 49.1 Å². The molecule has 2 heterocycles. The molecular formula is C18H22N4O2. The number of rotatable bonds is 5. The fraction of sp³-hybridized carbons (Fsp3) is 0.389. The number of nitrogens with one attached hydrogen (secondary N) is 1. The first kappa shape index (κ1) is 16.4. The zero-order valence-corrected chi connectivity index (χ0v) is 13.8. The molecule has 0 spiro atoms. The number of hydrogen-bond donors (Lipinski definition) is 1. The van der Waals surface area contributed by atoms with Gasteiger partial charge in [-0.25, -0.2) is 4.98 Å². The van der Waals surface area contributed by atoms with Gasteiger partial charge in [0, 0.05) is 24.8 Å². The summed E-state index contributed by atoms with van der Waals surface area (Å²) in [5.74, 6) is 1.38. The molecule has 3 rings (SSSR count). The molecule has 0 amide bonds. The van der Waals surface area contributed by atoms with Gasteiger partial charge < -0.3 is 5.32 Å². The van der Waals surface area contributed by atoms with Crippen molar-refractivity contribution in [3.05, 3.63) is 58.3 Å². The maximum atomic E-state index is 10.6. The minimum Gasteiger partial charge on any atom is -0.340 e. The van der Waals surface area contributed by atoms with Crippen LogP contribution in [-0.2, 0) is 6.54 Å². The van der Waals surface area contributed by atoms with E-state index in [0.29, 0.717) is 5.82 Å². The summed E-state index contributed by atoms with van der Waals surface area (Å²) in [7, 11) is 0. The van der Waals surface area contributed by atoms with Gasteiger partial charge in [-0.15, -0.1) is 0 Å². The maximum absolute atomic E-state index is 10.6. The van der Waals surface area contributed by atoms with Gasteiger partial charge in [0.05, 0.1) is 4.92 Å². The van der Waals surface area contributed by atoms with Gasteiger partial charge in [-0.3, -0.25) is 15.0 Å². The summed E-state index contributed by atoms with van der Waals surface area (Å²) < 4.78 is 0. The van der Waals surface area contributed by atoms with Crippen LogP contribution in [0.3, 0.4) is 0 Å². The normalized spacial score (nSPS) is 18.3. The van der Waals surface area contributed by atoms with Crippen molar-refractivity contribution in [1.29, 1.82) is 0 Å². The zero-order chi connectivity index (χ0) is 16.9. The van der Waals surface area contributed by atoms with E-state index in [2.05, 4.69) is 34.3 Å². The van der Waals surface area contributed by atoms with Crippen molar-refractivity contribution in [2.45, 2.75) is 26.3 Å². The number of likely N-dealkylation sites (tertiary alicyclic amines) is 1. The van der Waals surface area contributed by atoms with E-state index in [9.17, 15) is 10.1 Å². The summed E-state index contributed by atoms with van der Waals surface area (Å²) in [4.78, 5) is 16.7. The summed E-state index contributed by atoms with van der Waals surface area (Å²) in [6.07, 6.45) is 3.88. The van der Waals surface area contributed by atoms with E-state index in [1.54, 1.807) is 6.07 Å². The average molecular weight is 326 g/mol. The highest BCUT2D eigenvalue weighted by atomic mass is 16.6. The van der Waals surface area contributed by atoms with Gasteiger partial charge in [-0.2, -0.15) is 0 Å². The second-order valence-electron chi connectivity index (χ2n) is 6.46. The molecule has 24 heavy (non-hydrogen) atoms. The maximum Gasteiger partial charge on any atom is 0.287 e. The smallest absolute Gasteiger partial charge is 0.287 e. The summed E-state index contributed by atoms with van der Waals surface area (Å²) in [6.45, 7) is 5.65. The molecule has 126 valence electrons. The van der Waals surface area contributed by atoms with Crippen LogP contribution < -0.4 is 5.32 Å². The molecule has 0 aliphatic carbocycles. The van der Waals surface area contributed by atoms with Crippen LogP contribution in [-0.4, -0.2) is 27.9 Å². The van der Waals surface area contributed by atoms with Crippen LogP contribution in [0.15, 0.2) is 42.6 Å². The summed E-state index contributed by atoms with van der Waals surface area (Å²) in [5, 5.41) is 13.8. The molecule has 0 saturated carbocycles. The topological polar surface area (TPSA) is 71.3 Å². The molecule has 1 atom stereocenters. The number of piperidine rings is 1. The highest BCUT2D eigenvalue weighted by Crippen LogP contribution is 2.20. The molecule has 2 aromatic rings. The van der Waals surface area contributed by atoms with Gasteiger partial charge in [0.2, 0.25) is 0 Å². The lowest BCUT2D eigenvalue weighted by molar-refractivity contribution is -0.385. The van der Waals surface area contributed by atoms with Gasteiger partial charge in [0.1, 0.15) is 12.0 Å². The molecule has 1 saturated heterocycles. The van der Waals surface area contributed by atoms with E-state index in [1.165, 1.54) is 43.8 Å². The highest BCUT2D eigenvalue weighted by molar-refractivity contribution is 5.57. The molecule has 1 N–H and O–H groups in total. The molecule has 6 heteroatoms. The predicted octanol–water partition coefficient (Wildman–Crippen LogP) is 3.97. The number of aromatic nitrogens is 1. The Morgan fingerprint density at radius 2 is 2.08 bits per heavy atom. The minimum absolute atomic E-state index is 0.00772.